The first kappa shape index (κ1) is 14.0. The Hall–Kier alpha value is -1.39. The molecule has 2 unspecified atom stereocenters. The van der Waals surface area contributed by atoms with E-state index in [-0.39, 0.29) is 5.97 Å². The Balaban J connectivity index is 2.31. The number of carbonyl (C=O) groups is 1. The van der Waals surface area contributed by atoms with E-state index in [0.29, 0.717) is 13.0 Å². The maximum absolute atomic E-state index is 11.9. The molecule has 2 aromatic rings. The van der Waals surface area contributed by atoms with Crippen LogP contribution in [-0.4, -0.2) is 17.7 Å². The molecule has 0 bridgehead atoms. The molecule has 2 atom stereocenters. The summed E-state index contributed by atoms with van der Waals surface area (Å²) in [6.07, 6.45) is -0.246. The Morgan fingerprint density at radius 1 is 1.37 bits per heavy atom. The van der Waals surface area contributed by atoms with Crippen molar-refractivity contribution >= 4 is 27.4 Å². The minimum Gasteiger partial charge on any atom is -0.466 e. The number of benzene rings is 1. The molecule has 0 amide bonds. The second kappa shape index (κ2) is 6.17. The Morgan fingerprint density at radius 3 is 2.79 bits per heavy atom. The summed E-state index contributed by atoms with van der Waals surface area (Å²) in [6.45, 7) is 4.00. The summed E-state index contributed by atoms with van der Waals surface area (Å²) in [5.74, 6) is -0.828. The van der Waals surface area contributed by atoms with Gasteiger partial charge in [-0.25, -0.2) is 0 Å². The predicted octanol–water partition coefficient (Wildman–Crippen LogP) is 3.52. The van der Waals surface area contributed by atoms with Gasteiger partial charge in [0.25, 0.3) is 0 Å². The van der Waals surface area contributed by atoms with E-state index in [2.05, 4.69) is 0 Å². The van der Waals surface area contributed by atoms with E-state index in [9.17, 15) is 9.90 Å². The van der Waals surface area contributed by atoms with Crippen LogP contribution in [0.25, 0.3) is 10.1 Å². The number of thiophene rings is 1. The number of hydrogen-bond donors (Lipinski definition) is 1. The molecule has 1 aromatic heterocycles. The van der Waals surface area contributed by atoms with Crippen LogP contribution in [0.2, 0.25) is 0 Å². The van der Waals surface area contributed by atoms with Crippen LogP contribution < -0.4 is 0 Å². The van der Waals surface area contributed by atoms with E-state index < -0.39 is 12.0 Å². The Morgan fingerprint density at radius 2 is 2.11 bits per heavy atom. The molecule has 0 spiro atoms. The van der Waals surface area contributed by atoms with Crippen LogP contribution in [0, 0.1) is 5.92 Å². The molecular formula is C15H18O3S. The van der Waals surface area contributed by atoms with E-state index in [1.807, 2.05) is 36.6 Å². The molecule has 0 saturated carbocycles. The van der Waals surface area contributed by atoms with E-state index in [1.54, 1.807) is 18.3 Å². The molecule has 19 heavy (non-hydrogen) atoms. The molecular weight excluding hydrogens is 260 g/mol. The molecule has 0 radical (unpaired) electrons. The molecule has 0 aliphatic carbocycles. The zero-order valence-electron chi connectivity index (χ0n) is 11.1. The third-order valence-electron chi connectivity index (χ3n) is 3.24. The fourth-order valence-electron chi connectivity index (χ4n) is 2.21. The third kappa shape index (κ3) is 2.80. The molecule has 4 heteroatoms. The largest absolute Gasteiger partial charge is 0.466 e. The summed E-state index contributed by atoms with van der Waals surface area (Å²) in [5, 5.41) is 13.4. The molecule has 1 aromatic carbocycles. The van der Waals surface area contributed by atoms with Crippen LogP contribution in [0.3, 0.4) is 0 Å². The standard InChI is InChI=1S/C15H18O3S/c1-3-10(15(17)18-4-2)14(16)12-9-19-13-8-6-5-7-11(12)13/h5-10,14,16H,3-4H2,1-2H3. The lowest BCUT2D eigenvalue weighted by Gasteiger charge is -2.19. The van der Waals surface area contributed by atoms with Gasteiger partial charge in [-0.1, -0.05) is 25.1 Å². The average molecular weight is 278 g/mol. The monoisotopic (exact) mass is 278 g/mol. The molecule has 1 heterocycles. The molecule has 0 aliphatic heterocycles. The van der Waals surface area contributed by atoms with Crippen LogP contribution in [0.1, 0.15) is 31.9 Å². The summed E-state index contributed by atoms with van der Waals surface area (Å²) < 4.78 is 6.15. The number of aliphatic hydroxyl groups excluding tert-OH is 1. The smallest absolute Gasteiger partial charge is 0.311 e. The van der Waals surface area contributed by atoms with Gasteiger partial charge in [0, 0.05) is 4.70 Å². The highest BCUT2D eigenvalue weighted by atomic mass is 32.1. The zero-order chi connectivity index (χ0) is 13.8. The summed E-state index contributed by atoms with van der Waals surface area (Å²) in [6, 6.07) is 7.90. The van der Waals surface area contributed by atoms with E-state index in [1.165, 1.54) is 0 Å². The van der Waals surface area contributed by atoms with Gasteiger partial charge in [0.15, 0.2) is 0 Å². The van der Waals surface area contributed by atoms with Gasteiger partial charge in [0.05, 0.1) is 18.6 Å². The van der Waals surface area contributed by atoms with Gasteiger partial charge in [0.2, 0.25) is 0 Å². The number of rotatable bonds is 5. The van der Waals surface area contributed by atoms with Gasteiger partial charge in [0.1, 0.15) is 0 Å². The lowest BCUT2D eigenvalue weighted by atomic mass is 9.93. The molecule has 2 rings (SSSR count). The number of fused-ring (bicyclic) bond motifs is 1. The average Bonchev–Trinajstić information content (AvgIpc) is 2.83. The topological polar surface area (TPSA) is 46.5 Å². The van der Waals surface area contributed by atoms with Crippen molar-refractivity contribution in [2.24, 2.45) is 5.92 Å². The van der Waals surface area contributed by atoms with Crippen molar-refractivity contribution in [2.75, 3.05) is 6.61 Å². The SMILES string of the molecule is CCOC(=O)C(CC)C(O)c1csc2ccccc12. The molecule has 1 N–H and O–H groups in total. The van der Waals surface area contributed by atoms with Crippen LogP contribution in [0.4, 0.5) is 0 Å². The molecule has 0 fully saturated rings. The predicted molar refractivity (Wildman–Crippen MR) is 77.2 cm³/mol. The number of ether oxygens (including phenoxy) is 1. The van der Waals surface area contributed by atoms with Gasteiger partial charge in [-0.05, 0) is 35.7 Å². The Kier molecular flexibility index (Phi) is 4.56. The maximum Gasteiger partial charge on any atom is 0.311 e. The lowest BCUT2D eigenvalue weighted by molar-refractivity contribution is -0.152. The van der Waals surface area contributed by atoms with Crippen molar-refractivity contribution in [2.45, 2.75) is 26.4 Å². The molecule has 0 aliphatic rings. The van der Waals surface area contributed by atoms with Crippen LogP contribution in [-0.2, 0) is 9.53 Å². The Labute approximate surface area is 116 Å². The number of carbonyl (C=O) groups excluding carboxylic acids is 1. The van der Waals surface area contributed by atoms with Gasteiger partial charge >= 0.3 is 5.97 Å². The van der Waals surface area contributed by atoms with Gasteiger partial charge in [-0.3, -0.25) is 4.79 Å². The number of hydrogen-bond acceptors (Lipinski definition) is 4. The minimum absolute atomic E-state index is 0.326. The second-order valence-electron chi connectivity index (χ2n) is 4.40. The summed E-state index contributed by atoms with van der Waals surface area (Å²) in [5.41, 5.74) is 0.820. The summed E-state index contributed by atoms with van der Waals surface area (Å²) in [7, 11) is 0. The van der Waals surface area contributed by atoms with Gasteiger partial charge in [-0.2, -0.15) is 0 Å². The number of aliphatic hydroxyl groups is 1. The van der Waals surface area contributed by atoms with Crippen LogP contribution >= 0.6 is 11.3 Å². The first-order valence-electron chi connectivity index (χ1n) is 6.49. The second-order valence-corrected chi connectivity index (χ2v) is 5.31. The highest BCUT2D eigenvalue weighted by Crippen LogP contribution is 2.35. The highest BCUT2D eigenvalue weighted by molar-refractivity contribution is 7.17. The fraction of sp³-hybridized carbons (Fsp3) is 0.400. The number of esters is 1. The minimum atomic E-state index is -0.805. The Bertz CT molecular complexity index is 561. The van der Waals surface area contributed by atoms with Crippen LogP contribution in [0.15, 0.2) is 29.6 Å². The van der Waals surface area contributed by atoms with Gasteiger partial charge < -0.3 is 9.84 Å². The molecule has 3 nitrogen and oxygen atoms in total. The van der Waals surface area contributed by atoms with Crippen molar-refractivity contribution < 1.29 is 14.6 Å². The summed E-state index contributed by atoms with van der Waals surface area (Å²) >= 11 is 1.58. The van der Waals surface area contributed by atoms with Crippen LogP contribution in [0.5, 0.6) is 0 Å². The normalized spacial score (nSPS) is 14.3. The maximum atomic E-state index is 11.9. The van der Waals surface area contributed by atoms with E-state index in [0.717, 1.165) is 15.6 Å². The first-order chi connectivity index (χ1) is 9.19. The van der Waals surface area contributed by atoms with Crippen molar-refractivity contribution in [3.05, 3.63) is 35.2 Å². The summed E-state index contributed by atoms with van der Waals surface area (Å²) in [4.78, 5) is 11.9. The van der Waals surface area contributed by atoms with Crippen molar-refractivity contribution in [3.8, 4) is 0 Å². The third-order valence-corrected chi connectivity index (χ3v) is 4.22. The van der Waals surface area contributed by atoms with Crippen molar-refractivity contribution in [1.82, 2.24) is 0 Å². The van der Waals surface area contributed by atoms with Crippen molar-refractivity contribution in [3.63, 3.8) is 0 Å². The fourth-order valence-corrected chi connectivity index (χ4v) is 3.20. The lowest BCUT2D eigenvalue weighted by Crippen LogP contribution is -2.23. The quantitative estimate of drug-likeness (QED) is 0.851. The highest BCUT2D eigenvalue weighted by Gasteiger charge is 2.29. The molecule has 0 saturated heterocycles. The first-order valence-corrected chi connectivity index (χ1v) is 7.37. The molecule has 102 valence electrons. The van der Waals surface area contributed by atoms with Gasteiger partial charge in [-0.15, -0.1) is 11.3 Å². The zero-order valence-corrected chi connectivity index (χ0v) is 11.9. The van der Waals surface area contributed by atoms with E-state index in [4.69, 9.17) is 4.74 Å². The van der Waals surface area contributed by atoms with Crippen molar-refractivity contribution in [1.29, 1.82) is 0 Å². The van der Waals surface area contributed by atoms with E-state index >= 15 is 0 Å².